The SMILES string of the molecule is CC1=CC=C[C@H](Oc2ncnc(N)c2[N+](=O)[O-])[C@@H]1C. The van der Waals surface area contributed by atoms with Crippen molar-refractivity contribution in [1.82, 2.24) is 9.97 Å². The zero-order valence-electron chi connectivity index (χ0n) is 10.6. The van der Waals surface area contributed by atoms with Crippen molar-refractivity contribution in [1.29, 1.82) is 0 Å². The van der Waals surface area contributed by atoms with E-state index in [2.05, 4.69) is 9.97 Å². The average Bonchev–Trinajstić information content (AvgIpc) is 2.34. The van der Waals surface area contributed by atoms with Crippen LogP contribution in [-0.2, 0) is 0 Å². The third-order valence-corrected chi connectivity index (χ3v) is 3.12. The quantitative estimate of drug-likeness (QED) is 0.658. The largest absolute Gasteiger partial charge is 0.464 e. The minimum atomic E-state index is -0.634. The van der Waals surface area contributed by atoms with Crippen LogP contribution in [0.15, 0.2) is 30.1 Å². The van der Waals surface area contributed by atoms with E-state index in [-0.39, 0.29) is 23.7 Å². The van der Waals surface area contributed by atoms with Gasteiger partial charge in [0.2, 0.25) is 5.82 Å². The van der Waals surface area contributed by atoms with Crippen LogP contribution in [0.4, 0.5) is 11.5 Å². The van der Waals surface area contributed by atoms with Gasteiger partial charge in [-0.05, 0) is 13.0 Å². The first-order valence-electron chi connectivity index (χ1n) is 5.77. The minimum Gasteiger partial charge on any atom is -0.464 e. The number of hydrogen-bond donors (Lipinski definition) is 1. The Bertz CT molecular complexity index is 568. The molecule has 1 aliphatic carbocycles. The highest BCUT2D eigenvalue weighted by molar-refractivity contribution is 5.58. The van der Waals surface area contributed by atoms with Crippen molar-refractivity contribution in [2.24, 2.45) is 5.92 Å². The molecular weight excluding hydrogens is 248 g/mol. The minimum absolute atomic E-state index is 0.103. The third kappa shape index (κ3) is 2.54. The van der Waals surface area contributed by atoms with Gasteiger partial charge in [0.25, 0.3) is 5.88 Å². The fraction of sp³-hybridized carbons (Fsp3) is 0.333. The topological polar surface area (TPSA) is 104 Å². The van der Waals surface area contributed by atoms with E-state index >= 15 is 0 Å². The molecule has 0 spiro atoms. The number of rotatable bonds is 3. The molecule has 1 heterocycles. The van der Waals surface area contributed by atoms with E-state index in [0.717, 1.165) is 11.9 Å². The van der Waals surface area contributed by atoms with Gasteiger partial charge in [0.05, 0.1) is 4.92 Å². The summed E-state index contributed by atoms with van der Waals surface area (Å²) in [6, 6.07) is 0. The van der Waals surface area contributed by atoms with Crippen LogP contribution in [0.5, 0.6) is 5.88 Å². The molecular formula is C12H14N4O3. The first-order chi connectivity index (χ1) is 9.00. The zero-order valence-corrected chi connectivity index (χ0v) is 10.6. The number of ether oxygens (including phenoxy) is 1. The van der Waals surface area contributed by atoms with Crippen molar-refractivity contribution in [3.8, 4) is 5.88 Å². The molecule has 19 heavy (non-hydrogen) atoms. The predicted molar refractivity (Wildman–Crippen MR) is 69.6 cm³/mol. The Morgan fingerprint density at radius 1 is 1.47 bits per heavy atom. The van der Waals surface area contributed by atoms with Gasteiger partial charge in [0.1, 0.15) is 12.4 Å². The highest BCUT2D eigenvalue weighted by Crippen LogP contribution is 2.32. The molecule has 1 aromatic heterocycles. The van der Waals surface area contributed by atoms with Crippen molar-refractivity contribution in [3.63, 3.8) is 0 Å². The van der Waals surface area contributed by atoms with Gasteiger partial charge in [-0.25, -0.2) is 4.98 Å². The summed E-state index contributed by atoms with van der Waals surface area (Å²) >= 11 is 0. The van der Waals surface area contributed by atoms with Crippen molar-refractivity contribution in [2.75, 3.05) is 5.73 Å². The van der Waals surface area contributed by atoms with Gasteiger partial charge in [0.15, 0.2) is 0 Å². The molecule has 2 N–H and O–H groups in total. The fourth-order valence-corrected chi connectivity index (χ4v) is 1.80. The monoisotopic (exact) mass is 262 g/mol. The number of nitrogens with zero attached hydrogens (tertiary/aromatic N) is 3. The van der Waals surface area contributed by atoms with Crippen LogP contribution in [-0.4, -0.2) is 21.0 Å². The molecule has 0 fully saturated rings. The Labute approximate surface area is 110 Å². The molecule has 2 rings (SSSR count). The lowest BCUT2D eigenvalue weighted by Crippen LogP contribution is -2.26. The van der Waals surface area contributed by atoms with E-state index in [0.29, 0.717) is 0 Å². The van der Waals surface area contributed by atoms with Crippen molar-refractivity contribution in [2.45, 2.75) is 20.0 Å². The zero-order chi connectivity index (χ0) is 14.0. The second kappa shape index (κ2) is 5.05. The Kier molecular flexibility index (Phi) is 3.46. The molecule has 0 radical (unpaired) electrons. The Balaban J connectivity index is 2.30. The van der Waals surface area contributed by atoms with Crippen LogP contribution in [0.1, 0.15) is 13.8 Å². The molecule has 1 aliphatic rings. The Hall–Kier alpha value is -2.44. The van der Waals surface area contributed by atoms with Crippen LogP contribution in [0, 0.1) is 16.0 Å². The highest BCUT2D eigenvalue weighted by atomic mass is 16.6. The lowest BCUT2D eigenvalue weighted by atomic mass is 9.92. The molecule has 0 bridgehead atoms. The second-order valence-corrected chi connectivity index (χ2v) is 4.34. The van der Waals surface area contributed by atoms with Gasteiger partial charge in [-0.3, -0.25) is 10.1 Å². The van der Waals surface area contributed by atoms with Crippen molar-refractivity contribution >= 4 is 11.5 Å². The molecule has 0 aromatic carbocycles. The fourth-order valence-electron chi connectivity index (χ4n) is 1.80. The molecule has 2 atom stereocenters. The lowest BCUT2D eigenvalue weighted by molar-refractivity contribution is -0.385. The summed E-state index contributed by atoms with van der Waals surface area (Å²) < 4.78 is 5.61. The number of anilines is 1. The average molecular weight is 262 g/mol. The number of nitrogen functional groups attached to an aromatic ring is 1. The molecule has 0 saturated carbocycles. The number of nitrogens with two attached hydrogens (primary N) is 1. The lowest BCUT2D eigenvalue weighted by Gasteiger charge is -2.24. The molecule has 0 saturated heterocycles. The van der Waals surface area contributed by atoms with Crippen LogP contribution in [0.2, 0.25) is 0 Å². The van der Waals surface area contributed by atoms with E-state index in [1.165, 1.54) is 0 Å². The van der Waals surface area contributed by atoms with Gasteiger partial charge in [0, 0.05) is 5.92 Å². The van der Waals surface area contributed by atoms with E-state index in [9.17, 15) is 10.1 Å². The Morgan fingerprint density at radius 3 is 2.89 bits per heavy atom. The first kappa shape index (κ1) is 13.0. The molecule has 7 nitrogen and oxygen atoms in total. The summed E-state index contributed by atoms with van der Waals surface area (Å²) in [4.78, 5) is 17.7. The Morgan fingerprint density at radius 2 is 2.21 bits per heavy atom. The van der Waals surface area contributed by atoms with Crippen LogP contribution in [0.3, 0.4) is 0 Å². The first-order valence-corrected chi connectivity index (χ1v) is 5.77. The second-order valence-electron chi connectivity index (χ2n) is 4.34. The number of aromatic nitrogens is 2. The predicted octanol–water partition coefficient (Wildman–Crippen LogP) is 1.87. The van der Waals surface area contributed by atoms with Gasteiger partial charge in [-0.1, -0.05) is 24.6 Å². The summed E-state index contributed by atoms with van der Waals surface area (Å²) in [5.74, 6) is -0.191. The van der Waals surface area contributed by atoms with Crippen LogP contribution < -0.4 is 10.5 Å². The summed E-state index contributed by atoms with van der Waals surface area (Å²) in [6.07, 6.45) is 6.51. The number of allylic oxidation sites excluding steroid dienone is 2. The van der Waals surface area contributed by atoms with E-state index in [1.54, 1.807) is 0 Å². The molecule has 0 unspecified atom stereocenters. The van der Waals surface area contributed by atoms with Gasteiger partial charge in [-0.2, -0.15) is 4.98 Å². The summed E-state index contributed by atoms with van der Waals surface area (Å²) in [6.45, 7) is 3.96. The molecule has 1 aromatic rings. The maximum absolute atomic E-state index is 11.0. The third-order valence-electron chi connectivity index (χ3n) is 3.12. The molecule has 7 heteroatoms. The van der Waals surface area contributed by atoms with E-state index in [1.807, 2.05) is 32.1 Å². The van der Waals surface area contributed by atoms with Crippen LogP contribution in [0.25, 0.3) is 0 Å². The molecule has 100 valence electrons. The number of nitro groups is 1. The van der Waals surface area contributed by atoms with Gasteiger partial charge < -0.3 is 10.5 Å². The normalized spacial score (nSPS) is 21.9. The smallest absolute Gasteiger partial charge is 0.372 e. The molecule has 0 aliphatic heterocycles. The van der Waals surface area contributed by atoms with Gasteiger partial charge in [-0.15, -0.1) is 0 Å². The maximum Gasteiger partial charge on any atom is 0.372 e. The maximum atomic E-state index is 11.0. The molecule has 0 amide bonds. The van der Waals surface area contributed by atoms with E-state index in [4.69, 9.17) is 10.5 Å². The van der Waals surface area contributed by atoms with Gasteiger partial charge >= 0.3 is 5.69 Å². The van der Waals surface area contributed by atoms with Crippen LogP contribution >= 0.6 is 0 Å². The van der Waals surface area contributed by atoms with E-state index < -0.39 is 10.6 Å². The number of hydrogen-bond acceptors (Lipinski definition) is 6. The summed E-state index contributed by atoms with van der Waals surface area (Å²) in [7, 11) is 0. The summed E-state index contributed by atoms with van der Waals surface area (Å²) in [5, 5.41) is 11.0. The van der Waals surface area contributed by atoms with Crippen molar-refractivity contribution < 1.29 is 9.66 Å². The van der Waals surface area contributed by atoms with Crippen molar-refractivity contribution in [3.05, 3.63) is 40.2 Å². The summed E-state index contributed by atoms with van der Waals surface area (Å²) in [5.41, 5.74) is 6.23. The standard InChI is InChI=1S/C12H14N4O3/c1-7-4-3-5-9(8(7)2)19-12-10(16(17)18)11(13)14-6-15-12/h3-6,8-9H,1-2H3,(H2,13,14,15)/t8-,9+/m1/s1. The highest BCUT2D eigenvalue weighted by Gasteiger charge is 2.27.